The van der Waals surface area contributed by atoms with Gasteiger partial charge in [-0.25, -0.2) is 0 Å². The van der Waals surface area contributed by atoms with Gasteiger partial charge in [-0.05, 0) is 56.7 Å². The number of aromatic nitrogens is 2. The quantitative estimate of drug-likeness (QED) is 0.500. The molecule has 3 rings (SSSR count). The van der Waals surface area contributed by atoms with Crippen molar-refractivity contribution in [3.8, 4) is 0 Å². The van der Waals surface area contributed by atoms with Gasteiger partial charge in [-0.1, -0.05) is 24.3 Å². The summed E-state index contributed by atoms with van der Waals surface area (Å²) in [6.07, 6.45) is 3.22. The van der Waals surface area contributed by atoms with Crippen molar-refractivity contribution in [2.24, 2.45) is 12.0 Å². The van der Waals surface area contributed by atoms with Crippen LogP contribution in [0, 0.1) is 13.8 Å². The Hall–Kier alpha value is -2.38. The van der Waals surface area contributed by atoms with Crippen LogP contribution in [0.2, 0.25) is 0 Å². The Bertz CT molecular complexity index is 854. The van der Waals surface area contributed by atoms with Crippen LogP contribution in [0.5, 0.6) is 0 Å². The van der Waals surface area contributed by atoms with E-state index in [1.807, 2.05) is 11.7 Å². The van der Waals surface area contributed by atoms with Crippen molar-refractivity contribution in [2.75, 3.05) is 20.3 Å². The lowest BCUT2D eigenvalue weighted by molar-refractivity contribution is -0.0390. The second kappa shape index (κ2) is 11.3. The summed E-state index contributed by atoms with van der Waals surface area (Å²) in [5.41, 5.74) is 6.03. The van der Waals surface area contributed by atoms with Gasteiger partial charge >= 0.3 is 0 Å². The van der Waals surface area contributed by atoms with E-state index in [1.54, 1.807) is 7.05 Å². The molecule has 2 aromatic rings. The summed E-state index contributed by atoms with van der Waals surface area (Å²) >= 11 is 0. The highest BCUT2D eigenvalue weighted by Crippen LogP contribution is 2.15. The fourth-order valence-electron chi connectivity index (χ4n) is 3.89. The number of hydrogen-bond donors (Lipinski definition) is 2. The molecule has 7 heteroatoms. The van der Waals surface area contributed by atoms with Crippen molar-refractivity contribution in [1.29, 1.82) is 0 Å². The van der Waals surface area contributed by atoms with Gasteiger partial charge in [0.25, 0.3) is 0 Å². The number of aryl methyl sites for hydroxylation is 2. The largest absolute Gasteiger partial charge is 0.381 e. The fraction of sp³-hybridized carbons (Fsp3) is 0.583. The van der Waals surface area contributed by atoms with Crippen LogP contribution in [0.3, 0.4) is 0 Å². The number of benzene rings is 1. The Balaban J connectivity index is 1.44. The first-order valence-corrected chi connectivity index (χ1v) is 11.2. The Labute approximate surface area is 186 Å². The molecule has 1 aromatic carbocycles. The van der Waals surface area contributed by atoms with Gasteiger partial charge in [-0.2, -0.15) is 5.10 Å². The molecule has 1 atom stereocenters. The number of rotatable bonds is 8. The van der Waals surface area contributed by atoms with Gasteiger partial charge in [-0.15, -0.1) is 0 Å². The molecule has 2 heterocycles. The highest BCUT2D eigenvalue weighted by Gasteiger charge is 2.15. The lowest BCUT2D eigenvalue weighted by atomic mass is 10.1. The van der Waals surface area contributed by atoms with E-state index in [4.69, 9.17) is 9.47 Å². The molecule has 1 fully saturated rings. The second-order valence-electron chi connectivity index (χ2n) is 8.39. The maximum absolute atomic E-state index is 6.00. The van der Waals surface area contributed by atoms with Crippen LogP contribution in [-0.4, -0.2) is 48.1 Å². The van der Waals surface area contributed by atoms with Crippen molar-refractivity contribution in [2.45, 2.75) is 65.3 Å². The van der Waals surface area contributed by atoms with Crippen LogP contribution in [0.15, 0.2) is 29.3 Å². The third-order valence-corrected chi connectivity index (χ3v) is 5.91. The lowest BCUT2D eigenvalue weighted by Crippen LogP contribution is -2.42. The minimum Gasteiger partial charge on any atom is -0.381 e. The fourth-order valence-corrected chi connectivity index (χ4v) is 3.89. The summed E-state index contributed by atoms with van der Waals surface area (Å²) in [7, 11) is 3.80. The zero-order valence-electron chi connectivity index (χ0n) is 19.6. The van der Waals surface area contributed by atoms with E-state index in [0.29, 0.717) is 12.7 Å². The van der Waals surface area contributed by atoms with Gasteiger partial charge in [0.2, 0.25) is 0 Å². The Morgan fingerprint density at radius 3 is 2.52 bits per heavy atom. The zero-order valence-corrected chi connectivity index (χ0v) is 19.6. The molecule has 2 N–H and O–H groups in total. The van der Waals surface area contributed by atoms with E-state index in [-0.39, 0.29) is 6.04 Å². The summed E-state index contributed by atoms with van der Waals surface area (Å²) in [6.45, 7) is 9.36. The smallest absolute Gasteiger partial charge is 0.191 e. The molecule has 1 saturated heterocycles. The second-order valence-corrected chi connectivity index (χ2v) is 8.39. The molecule has 170 valence electrons. The van der Waals surface area contributed by atoms with E-state index in [9.17, 15) is 0 Å². The Morgan fingerprint density at radius 2 is 1.90 bits per heavy atom. The standard InChI is InChI=1S/C24H37N5O2/c1-17(14-23-18(2)28-29(5)19(23)3)27-24(25-4)26-15-20-6-8-21(9-7-20)16-31-22-10-12-30-13-11-22/h6-9,17,22H,10-16H2,1-5H3,(H2,25,26,27). The number of ether oxygens (including phenoxy) is 2. The molecule has 7 nitrogen and oxygen atoms in total. The summed E-state index contributed by atoms with van der Waals surface area (Å²) in [5, 5.41) is 11.4. The first-order chi connectivity index (χ1) is 15.0. The topological polar surface area (TPSA) is 72.7 Å². The normalized spacial score (nSPS) is 16.4. The average Bonchev–Trinajstić information content (AvgIpc) is 3.02. The number of nitrogens with one attached hydrogen (secondary N) is 2. The summed E-state index contributed by atoms with van der Waals surface area (Å²) in [5.74, 6) is 0.804. The molecule has 0 amide bonds. The molecule has 1 unspecified atom stereocenters. The van der Waals surface area contributed by atoms with E-state index in [2.05, 4.69) is 65.8 Å². The van der Waals surface area contributed by atoms with E-state index >= 15 is 0 Å². The summed E-state index contributed by atoms with van der Waals surface area (Å²) in [4.78, 5) is 4.38. The SMILES string of the molecule is CN=C(NCc1ccc(COC2CCOCC2)cc1)NC(C)Cc1c(C)nn(C)c1C. The highest BCUT2D eigenvalue weighted by atomic mass is 16.5. The number of hydrogen-bond acceptors (Lipinski definition) is 4. The third-order valence-electron chi connectivity index (χ3n) is 5.91. The third kappa shape index (κ3) is 6.80. The predicted molar refractivity (Wildman–Crippen MR) is 124 cm³/mol. The molecule has 1 aliphatic heterocycles. The van der Waals surface area contributed by atoms with Crippen molar-refractivity contribution in [3.63, 3.8) is 0 Å². The van der Waals surface area contributed by atoms with Gasteiger partial charge < -0.3 is 20.1 Å². The van der Waals surface area contributed by atoms with Gasteiger partial charge in [0.15, 0.2) is 5.96 Å². The average molecular weight is 428 g/mol. The molecular weight excluding hydrogens is 390 g/mol. The molecule has 31 heavy (non-hydrogen) atoms. The minimum atomic E-state index is 0.248. The first-order valence-electron chi connectivity index (χ1n) is 11.2. The molecule has 0 bridgehead atoms. The van der Waals surface area contributed by atoms with Crippen LogP contribution in [0.1, 0.15) is 47.8 Å². The van der Waals surface area contributed by atoms with E-state index in [1.165, 1.54) is 22.4 Å². The van der Waals surface area contributed by atoms with Crippen LogP contribution in [0.4, 0.5) is 0 Å². The molecule has 0 saturated carbocycles. The lowest BCUT2D eigenvalue weighted by Gasteiger charge is -2.22. The Kier molecular flexibility index (Phi) is 8.49. The van der Waals surface area contributed by atoms with Crippen molar-refractivity contribution in [1.82, 2.24) is 20.4 Å². The van der Waals surface area contributed by atoms with Gasteiger partial charge in [0.1, 0.15) is 0 Å². The number of guanidine groups is 1. The van der Waals surface area contributed by atoms with Crippen LogP contribution < -0.4 is 10.6 Å². The van der Waals surface area contributed by atoms with Crippen LogP contribution in [-0.2, 0) is 36.1 Å². The van der Waals surface area contributed by atoms with Crippen molar-refractivity contribution in [3.05, 3.63) is 52.3 Å². The maximum atomic E-state index is 6.00. The zero-order chi connectivity index (χ0) is 22.2. The van der Waals surface area contributed by atoms with Gasteiger partial charge in [-0.3, -0.25) is 9.67 Å². The molecule has 0 spiro atoms. The van der Waals surface area contributed by atoms with Gasteiger partial charge in [0, 0.05) is 45.6 Å². The maximum Gasteiger partial charge on any atom is 0.191 e. The highest BCUT2D eigenvalue weighted by molar-refractivity contribution is 5.79. The summed E-state index contributed by atoms with van der Waals surface area (Å²) < 4.78 is 13.3. The van der Waals surface area contributed by atoms with Crippen molar-refractivity contribution < 1.29 is 9.47 Å². The molecule has 0 aliphatic carbocycles. The minimum absolute atomic E-state index is 0.248. The van der Waals surface area contributed by atoms with Crippen LogP contribution >= 0.6 is 0 Å². The predicted octanol–water partition coefficient (Wildman–Crippen LogP) is 3.03. The van der Waals surface area contributed by atoms with Gasteiger partial charge in [0.05, 0.1) is 18.4 Å². The van der Waals surface area contributed by atoms with Crippen molar-refractivity contribution >= 4 is 5.96 Å². The molecule has 1 aliphatic rings. The summed E-state index contributed by atoms with van der Waals surface area (Å²) in [6, 6.07) is 8.83. The van der Waals surface area contributed by atoms with Crippen LogP contribution in [0.25, 0.3) is 0 Å². The monoisotopic (exact) mass is 427 g/mol. The first kappa shape index (κ1) is 23.3. The Morgan fingerprint density at radius 1 is 1.23 bits per heavy atom. The van der Waals surface area contributed by atoms with E-state index < -0.39 is 0 Å². The molecule has 0 radical (unpaired) electrons. The van der Waals surface area contributed by atoms with E-state index in [0.717, 1.165) is 50.7 Å². The number of nitrogens with zero attached hydrogens (tertiary/aromatic N) is 3. The molecular formula is C24H37N5O2. The molecule has 1 aromatic heterocycles. The number of aliphatic imine (C=N–C) groups is 1.